The molecule has 1 unspecified atom stereocenters. The number of hydrogen-bond donors (Lipinski definition) is 2. The number of amides is 2. The Morgan fingerprint density at radius 3 is 2.60 bits per heavy atom. The van der Waals surface area contributed by atoms with Crippen LogP contribution in [-0.2, 0) is 4.79 Å². The molecule has 2 rings (SSSR count). The summed E-state index contributed by atoms with van der Waals surface area (Å²) in [5.41, 5.74) is -0.803. The lowest BCUT2D eigenvalue weighted by atomic mass is 9.82. The Morgan fingerprint density at radius 1 is 1.35 bits per heavy atom. The van der Waals surface area contributed by atoms with Crippen LogP contribution in [-0.4, -0.2) is 66.2 Å². The van der Waals surface area contributed by atoms with Gasteiger partial charge in [0.1, 0.15) is 0 Å². The molecule has 2 amide bonds. The van der Waals surface area contributed by atoms with Gasteiger partial charge in [-0.25, -0.2) is 4.79 Å². The number of aliphatic carboxylic acids is 1. The number of hydrogen-bond acceptors (Lipinski definition) is 3. The van der Waals surface area contributed by atoms with Crippen molar-refractivity contribution in [2.75, 3.05) is 33.2 Å². The van der Waals surface area contributed by atoms with Gasteiger partial charge in [-0.15, -0.1) is 0 Å². The molecule has 6 nitrogen and oxygen atoms in total. The molecule has 2 aliphatic rings. The van der Waals surface area contributed by atoms with Crippen LogP contribution in [0.3, 0.4) is 0 Å². The molecule has 2 aliphatic heterocycles. The lowest BCUT2D eigenvalue weighted by Crippen LogP contribution is -2.54. The number of carbonyl (C=O) groups is 2. The molecule has 2 heterocycles. The SMILES string of the molecule is CN(C(=O)N1CCCC(C)(C(=O)O)C1)C1CCNCC1. The summed E-state index contributed by atoms with van der Waals surface area (Å²) < 4.78 is 0. The first-order chi connectivity index (χ1) is 9.44. The number of nitrogens with zero attached hydrogens (tertiary/aromatic N) is 2. The summed E-state index contributed by atoms with van der Waals surface area (Å²) in [7, 11) is 1.84. The maximum Gasteiger partial charge on any atom is 0.320 e. The Kier molecular flexibility index (Phi) is 4.52. The topological polar surface area (TPSA) is 72.9 Å². The van der Waals surface area contributed by atoms with E-state index in [0.717, 1.165) is 32.4 Å². The van der Waals surface area contributed by atoms with Crippen molar-refractivity contribution in [3.63, 3.8) is 0 Å². The minimum Gasteiger partial charge on any atom is -0.481 e. The Morgan fingerprint density at radius 2 is 2.00 bits per heavy atom. The van der Waals surface area contributed by atoms with Gasteiger partial charge in [0.25, 0.3) is 0 Å². The van der Waals surface area contributed by atoms with Gasteiger partial charge in [-0.3, -0.25) is 4.79 Å². The lowest BCUT2D eigenvalue weighted by molar-refractivity contribution is -0.150. The van der Waals surface area contributed by atoms with E-state index in [0.29, 0.717) is 19.5 Å². The van der Waals surface area contributed by atoms with Crippen LogP contribution in [0.4, 0.5) is 4.79 Å². The smallest absolute Gasteiger partial charge is 0.320 e. The zero-order valence-electron chi connectivity index (χ0n) is 12.4. The van der Waals surface area contributed by atoms with E-state index < -0.39 is 11.4 Å². The molecule has 0 aromatic rings. The Bertz CT molecular complexity index is 382. The van der Waals surface area contributed by atoms with Gasteiger partial charge in [0, 0.05) is 26.2 Å². The molecule has 0 saturated carbocycles. The second-order valence-corrected chi connectivity index (χ2v) is 6.27. The van der Waals surface area contributed by atoms with Crippen LogP contribution in [0, 0.1) is 5.41 Å². The van der Waals surface area contributed by atoms with Crippen LogP contribution in [0.25, 0.3) is 0 Å². The molecule has 20 heavy (non-hydrogen) atoms. The maximum absolute atomic E-state index is 12.5. The molecular weight excluding hydrogens is 258 g/mol. The van der Waals surface area contributed by atoms with Crippen molar-refractivity contribution in [3.05, 3.63) is 0 Å². The molecular formula is C14H25N3O3. The summed E-state index contributed by atoms with van der Waals surface area (Å²) in [6, 6.07) is 0.242. The highest BCUT2D eigenvalue weighted by molar-refractivity contribution is 5.78. The van der Waals surface area contributed by atoms with Crippen molar-refractivity contribution in [1.82, 2.24) is 15.1 Å². The van der Waals surface area contributed by atoms with Crippen LogP contribution >= 0.6 is 0 Å². The number of rotatable bonds is 2. The monoisotopic (exact) mass is 283 g/mol. The number of carboxylic acid groups (broad SMARTS) is 1. The predicted octanol–water partition coefficient (Wildman–Crippen LogP) is 0.977. The Balaban J connectivity index is 1.99. The number of carbonyl (C=O) groups excluding carboxylic acids is 1. The summed E-state index contributed by atoms with van der Waals surface area (Å²) in [5.74, 6) is -0.806. The third-order valence-corrected chi connectivity index (χ3v) is 4.64. The van der Waals surface area contributed by atoms with Crippen molar-refractivity contribution < 1.29 is 14.7 Å². The molecule has 0 aromatic carbocycles. The highest BCUT2D eigenvalue weighted by atomic mass is 16.4. The maximum atomic E-state index is 12.5. The minimum atomic E-state index is -0.806. The molecule has 0 radical (unpaired) electrons. The van der Waals surface area contributed by atoms with Gasteiger partial charge >= 0.3 is 12.0 Å². The number of urea groups is 1. The molecule has 114 valence electrons. The number of nitrogens with one attached hydrogen (secondary N) is 1. The fraction of sp³-hybridized carbons (Fsp3) is 0.857. The average Bonchev–Trinajstić information content (AvgIpc) is 2.46. The normalized spacial score (nSPS) is 28.2. The van der Waals surface area contributed by atoms with Gasteiger partial charge in [-0.2, -0.15) is 0 Å². The van der Waals surface area contributed by atoms with Gasteiger partial charge in [0.05, 0.1) is 5.41 Å². The van der Waals surface area contributed by atoms with E-state index in [-0.39, 0.29) is 12.1 Å². The average molecular weight is 283 g/mol. The lowest BCUT2D eigenvalue weighted by Gasteiger charge is -2.41. The molecule has 2 N–H and O–H groups in total. The standard InChI is InChI=1S/C14H25N3O3/c1-14(12(18)19)6-3-9-17(10-14)13(20)16(2)11-4-7-15-8-5-11/h11,15H,3-10H2,1-2H3,(H,18,19). The van der Waals surface area contributed by atoms with Crippen molar-refractivity contribution in [2.45, 2.75) is 38.6 Å². The van der Waals surface area contributed by atoms with E-state index in [2.05, 4.69) is 5.32 Å². The van der Waals surface area contributed by atoms with E-state index in [9.17, 15) is 14.7 Å². The molecule has 0 spiro atoms. The summed E-state index contributed by atoms with van der Waals surface area (Å²) in [6.07, 6.45) is 3.33. The van der Waals surface area contributed by atoms with E-state index >= 15 is 0 Å². The third kappa shape index (κ3) is 3.06. The van der Waals surface area contributed by atoms with Gasteiger partial charge in [-0.05, 0) is 45.7 Å². The number of piperidine rings is 2. The fourth-order valence-electron chi connectivity index (χ4n) is 3.15. The summed E-state index contributed by atoms with van der Waals surface area (Å²) in [4.78, 5) is 27.4. The number of carboxylic acids is 1. The molecule has 2 fully saturated rings. The van der Waals surface area contributed by atoms with E-state index in [4.69, 9.17) is 0 Å². The predicted molar refractivity (Wildman–Crippen MR) is 75.6 cm³/mol. The van der Waals surface area contributed by atoms with Gasteiger partial charge in [-0.1, -0.05) is 0 Å². The summed E-state index contributed by atoms with van der Waals surface area (Å²) in [5, 5.41) is 12.6. The second-order valence-electron chi connectivity index (χ2n) is 6.27. The molecule has 1 atom stereocenters. The van der Waals surface area contributed by atoms with Crippen LogP contribution in [0.2, 0.25) is 0 Å². The molecule has 0 aromatic heterocycles. The molecule has 0 bridgehead atoms. The first kappa shape index (κ1) is 15.1. The van der Waals surface area contributed by atoms with E-state index in [1.54, 1.807) is 16.7 Å². The van der Waals surface area contributed by atoms with E-state index in [1.807, 2.05) is 7.05 Å². The molecule has 0 aliphatic carbocycles. The summed E-state index contributed by atoms with van der Waals surface area (Å²) >= 11 is 0. The first-order valence-electron chi connectivity index (χ1n) is 7.40. The molecule has 6 heteroatoms. The Labute approximate surface area is 120 Å². The fourth-order valence-corrected chi connectivity index (χ4v) is 3.15. The summed E-state index contributed by atoms with van der Waals surface area (Å²) in [6.45, 7) is 4.59. The second kappa shape index (κ2) is 5.99. The van der Waals surface area contributed by atoms with Crippen molar-refractivity contribution in [1.29, 1.82) is 0 Å². The molecule has 2 saturated heterocycles. The van der Waals surface area contributed by atoms with Gasteiger partial charge in [0.15, 0.2) is 0 Å². The van der Waals surface area contributed by atoms with E-state index in [1.165, 1.54) is 0 Å². The third-order valence-electron chi connectivity index (χ3n) is 4.64. The van der Waals surface area contributed by atoms with Gasteiger partial charge < -0.3 is 20.2 Å². The van der Waals surface area contributed by atoms with Crippen LogP contribution in [0.5, 0.6) is 0 Å². The highest BCUT2D eigenvalue weighted by Gasteiger charge is 2.40. The van der Waals surface area contributed by atoms with Crippen LogP contribution in [0.15, 0.2) is 0 Å². The Hall–Kier alpha value is -1.30. The largest absolute Gasteiger partial charge is 0.481 e. The number of likely N-dealkylation sites (tertiary alicyclic amines) is 1. The van der Waals surface area contributed by atoms with Crippen LogP contribution < -0.4 is 5.32 Å². The van der Waals surface area contributed by atoms with Crippen molar-refractivity contribution >= 4 is 12.0 Å². The minimum absolute atomic E-state index is 0.0240. The van der Waals surface area contributed by atoms with Crippen molar-refractivity contribution in [3.8, 4) is 0 Å². The highest BCUT2D eigenvalue weighted by Crippen LogP contribution is 2.30. The van der Waals surface area contributed by atoms with Crippen LogP contribution in [0.1, 0.15) is 32.6 Å². The van der Waals surface area contributed by atoms with Crippen molar-refractivity contribution in [2.24, 2.45) is 5.41 Å². The van der Waals surface area contributed by atoms with Gasteiger partial charge in [0.2, 0.25) is 0 Å². The zero-order chi connectivity index (χ0) is 14.8. The zero-order valence-corrected chi connectivity index (χ0v) is 12.4. The first-order valence-corrected chi connectivity index (χ1v) is 7.40. The quantitative estimate of drug-likeness (QED) is 0.792.